The Morgan fingerprint density at radius 1 is 1.23 bits per heavy atom. The van der Waals surface area contributed by atoms with Crippen molar-refractivity contribution in [3.63, 3.8) is 0 Å². The molecule has 0 fully saturated rings. The molecule has 26 heavy (non-hydrogen) atoms. The predicted molar refractivity (Wildman–Crippen MR) is 107 cm³/mol. The fraction of sp³-hybridized carbons (Fsp3) is 0.650. The van der Waals surface area contributed by atoms with Gasteiger partial charge in [0.15, 0.2) is 0 Å². The average Bonchev–Trinajstić information content (AvgIpc) is 3.09. The molecule has 1 aliphatic rings. The van der Waals surface area contributed by atoms with Crippen molar-refractivity contribution in [3.05, 3.63) is 39.3 Å². The van der Waals surface area contributed by atoms with Crippen LogP contribution < -0.4 is 0 Å². The van der Waals surface area contributed by atoms with Crippen molar-refractivity contribution >= 4 is 11.3 Å². The second-order valence-corrected chi connectivity index (χ2v) is 9.34. The van der Waals surface area contributed by atoms with Crippen LogP contribution >= 0.6 is 11.3 Å². The second kappa shape index (κ2) is 8.65. The summed E-state index contributed by atoms with van der Waals surface area (Å²) in [5.41, 5.74) is 2.01. The summed E-state index contributed by atoms with van der Waals surface area (Å²) in [6.07, 6.45) is 1.75. The first-order chi connectivity index (χ1) is 12.4. The number of fused-ring (bicyclic) bond motifs is 1. The SMILES string of the molecule is CC(C)Cc1ccc(CN2CCCn3nc([C@H](O)CN(C)C)cc3C2)s1. The number of aliphatic hydroxyl groups is 1. The number of thiophene rings is 1. The van der Waals surface area contributed by atoms with Crippen molar-refractivity contribution < 1.29 is 5.11 Å². The number of nitrogens with zero attached hydrogens (tertiary/aromatic N) is 4. The molecule has 3 rings (SSSR count). The van der Waals surface area contributed by atoms with E-state index in [0.29, 0.717) is 12.5 Å². The number of aliphatic hydroxyl groups excluding tert-OH is 1. The Morgan fingerprint density at radius 3 is 2.73 bits per heavy atom. The van der Waals surface area contributed by atoms with E-state index in [9.17, 15) is 5.11 Å². The summed E-state index contributed by atoms with van der Waals surface area (Å²) >= 11 is 1.95. The van der Waals surface area contributed by atoms with Crippen molar-refractivity contribution in [2.45, 2.75) is 52.4 Å². The minimum atomic E-state index is -0.520. The van der Waals surface area contributed by atoms with Gasteiger partial charge in [-0.15, -0.1) is 11.3 Å². The van der Waals surface area contributed by atoms with Crippen LogP contribution in [0.3, 0.4) is 0 Å². The minimum Gasteiger partial charge on any atom is -0.385 e. The molecular weight excluding hydrogens is 344 g/mol. The Labute approximate surface area is 161 Å². The van der Waals surface area contributed by atoms with Crippen LogP contribution in [0.15, 0.2) is 18.2 Å². The zero-order chi connectivity index (χ0) is 18.7. The van der Waals surface area contributed by atoms with Crippen LogP contribution in [0.1, 0.15) is 47.5 Å². The molecule has 2 aromatic heterocycles. The van der Waals surface area contributed by atoms with Crippen molar-refractivity contribution in [2.75, 3.05) is 27.2 Å². The lowest BCUT2D eigenvalue weighted by molar-refractivity contribution is 0.133. The lowest BCUT2D eigenvalue weighted by Crippen LogP contribution is -2.22. The lowest BCUT2D eigenvalue weighted by atomic mass is 10.1. The fourth-order valence-electron chi connectivity index (χ4n) is 3.53. The topological polar surface area (TPSA) is 44.5 Å². The molecule has 1 N–H and O–H groups in total. The quantitative estimate of drug-likeness (QED) is 0.806. The van der Waals surface area contributed by atoms with Crippen LogP contribution in [0.2, 0.25) is 0 Å². The summed E-state index contributed by atoms with van der Waals surface area (Å²) in [5.74, 6) is 0.709. The molecule has 0 radical (unpaired) electrons. The van der Waals surface area contributed by atoms with Crippen LogP contribution in [0.25, 0.3) is 0 Å². The summed E-state index contributed by atoms with van der Waals surface area (Å²) in [5, 5.41) is 15.0. The zero-order valence-electron chi connectivity index (χ0n) is 16.5. The van der Waals surface area contributed by atoms with E-state index >= 15 is 0 Å². The molecule has 0 aliphatic carbocycles. The number of rotatable bonds is 7. The Bertz CT molecular complexity index is 706. The van der Waals surface area contributed by atoms with Gasteiger partial charge in [-0.25, -0.2) is 0 Å². The molecule has 6 heteroatoms. The number of aromatic nitrogens is 2. The van der Waals surface area contributed by atoms with Gasteiger partial charge in [-0.3, -0.25) is 9.58 Å². The van der Waals surface area contributed by atoms with Crippen LogP contribution in [-0.2, 0) is 26.1 Å². The van der Waals surface area contributed by atoms with Gasteiger partial charge in [-0.1, -0.05) is 13.8 Å². The van der Waals surface area contributed by atoms with Crippen LogP contribution in [-0.4, -0.2) is 51.9 Å². The second-order valence-electron chi connectivity index (χ2n) is 8.09. The van der Waals surface area contributed by atoms with Crippen molar-refractivity contribution in [1.82, 2.24) is 19.6 Å². The highest BCUT2D eigenvalue weighted by Crippen LogP contribution is 2.24. The average molecular weight is 377 g/mol. The Morgan fingerprint density at radius 2 is 2.00 bits per heavy atom. The summed E-state index contributed by atoms with van der Waals surface area (Å²) < 4.78 is 2.09. The maximum Gasteiger partial charge on any atom is 0.110 e. The standard InChI is InChI=1S/C20H32N4OS/c1-15(2)10-17-6-7-18(26-17)13-23-8-5-9-24-16(12-23)11-19(21-24)20(25)14-22(3)4/h6-7,11,15,20,25H,5,8-10,12-14H2,1-4H3/t20-/m1/s1. The van der Waals surface area contributed by atoms with Crippen molar-refractivity contribution in [2.24, 2.45) is 5.92 Å². The maximum absolute atomic E-state index is 10.4. The van der Waals surface area contributed by atoms with Gasteiger partial charge in [0.05, 0.1) is 11.4 Å². The molecule has 3 heterocycles. The lowest BCUT2D eigenvalue weighted by Gasteiger charge is -2.18. The van der Waals surface area contributed by atoms with E-state index in [2.05, 4.69) is 46.7 Å². The molecule has 0 amide bonds. The molecule has 5 nitrogen and oxygen atoms in total. The normalized spacial score (nSPS) is 16.9. The number of hydrogen-bond acceptors (Lipinski definition) is 5. The fourth-order valence-corrected chi connectivity index (χ4v) is 4.80. The summed E-state index contributed by atoms with van der Waals surface area (Å²) in [6.45, 7) is 9.09. The van der Waals surface area contributed by atoms with Gasteiger partial charge in [-0.2, -0.15) is 5.10 Å². The van der Waals surface area contributed by atoms with Gasteiger partial charge in [0.25, 0.3) is 0 Å². The van der Waals surface area contributed by atoms with Crippen molar-refractivity contribution in [1.29, 1.82) is 0 Å². The Kier molecular flexibility index (Phi) is 6.51. The van der Waals surface area contributed by atoms with E-state index in [-0.39, 0.29) is 0 Å². The molecule has 144 valence electrons. The summed E-state index contributed by atoms with van der Waals surface area (Å²) in [7, 11) is 3.95. The van der Waals surface area contributed by atoms with E-state index in [0.717, 1.165) is 38.3 Å². The van der Waals surface area contributed by atoms with Crippen LogP contribution in [0.5, 0.6) is 0 Å². The van der Waals surface area contributed by atoms with E-state index in [1.54, 1.807) is 0 Å². The third-order valence-electron chi connectivity index (χ3n) is 4.70. The first-order valence-electron chi connectivity index (χ1n) is 9.60. The molecule has 0 saturated carbocycles. The third-order valence-corrected chi connectivity index (χ3v) is 5.79. The van der Waals surface area contributed by atoms with Crippen LogP contribution in [0.4, 0.5) is 0 Å². The molecule has 1 aliphatic heterocycles. The van der Waals surface area contributed by atoms with E-state index in [1.807, 2.05) is 30.3 Å². The number of aryl methyl sites for hydroxylation is 1. The largest absolute Gasteiger partial charge is 0.385 e. The first-order valence-corrected chi connectivity index (χ1v) is 10.4. The summed E-state index contributed by atoms with van der Waals surface area (Å²) in [6, 6.07) is 6.67. The molecule has 0 aromatic carbocycles. The molecule has 0 saturated heterocycles. The highest BCUT2D eigenvalue weighted by molar-refractivity contribution is 7.11. The van der Waals surface area contributed by atoms with E-state index < -0.39 is 6.10 Å². The number of likely N-dealkylation sites (N-methyl/N-ethyl adjacent to an activating group) is 1. The highest BCUT2D eigenvalue weighted by atomic mass is 32.1. The van der Waals surface area contributed by atoms with E-state index in [4.69, 9.17) is 0 Å². The smallest absolute Gasteiger partial charge is 0.110 e. The van der Waals surface area contributed by atoms with Gasteiger partial charge >= 0.3 is 0 Å². The molecule has 0 unspecified atom stereocenters. The van der Waals surface area contributed by atoms with Crippen molar-refractivity contribution in [3.8, 4) is 0 Å². The zero-order valence-corrected chi connectivity index (χ0v) is 17.3. The monoisotopic (exact) mass is 376 g/mol. The van der Waals surface area contributed by atoms with Gasteiger partial charge in [-0.05, 0) is 51.1 Å². The Balaban J connectivity index is 1.65. The highest BCUT2D eigenvalue weighted by Gasteiger charge is 2.20. The third kappa shape index (κ3) is 5.16. The van der Waals surface area contributed by atoms with E-state index in [1.165, 1.54) is 21.9 Å². The van der Waals surface area contributed by atoms with Gasteiger partial charge in [0.2, 0.25) is 0 Å². The summed E-state index contributed by atoms with van der Waals surface area (Å²) in [4.78, 5) is 7.44. The van der Waals surface area contributed by atoms with Gasteiger partial charge in [0, 0.05) is 42.5 Å². The molecule has 0 spiro atoms. The minimum absolute atomic E-state index is 0.520. The Hall–Kier alpha value is -1.21. The van der Waals surface area contributed by atoms with Gasteiger partial charge in [0.1, 0.15) is 6.10 Å². The molecular formula is C20H32N4OS. The predicted octanol–water partition coefficient (Wildman–Crippen LogP) is 3.14. The molecule has 1 atom stereocenters. The molecule has 2 aromatic rings. The maximum atomic E-state index is 10.4. The van der Waals surface area contributed by atoms with Crippen LogP contribution in [0, 0.1) is 5.92 Å². The van der Waals surface area contributed by atoms with Gasteiger partial charge < -0.3 is 10.0 Å². The number of hydrogen-bond donors (Lipinski definition) is 1. The first kappa shape index (κ1) is 19.5. The molecule has 0 bridgehead atoms.